The Morgan fingerprint density at radius 2 is 1.61 bits per heavy atom. The quantitative estimate of drug-likeness (QED) is 0.492. The maximum Gasteiger partial charge on any atom is 0.508 e. The highest BCUT2D eigenvalue weighted by molar-refractivity contribution is 5.60. The highest BCUT2D eigenvalue weighted by Crippen LogP contribution is 2.01. The van der Waals surface area contributed by atoms with Gasteiger partial charge in [0.25, 0.3) is 0 Å². The molecule has 6 heteroatoms. The van der Waals surface area contributed by atoms with Crippen molar-refractivity contribution in [3.63, 3.8) is 0 Å². The Bertz CT molecular complexity index is 286. The molecule has 0 saturated heterocycles. The van der Waals surface area contributed by atoms with E-state index in [1.54, 1.807) is 6.92 Å². The fourth-order valence-electron chi connectivity index (χ4n) is 0.861. The fourth-order valence-corrected chi connectivity index (χ4v) is 0.861. The van der Waals surface area contributed by atoms with Crippen LogP contribution < -0.4 is 0 Å². The van der Waals surface area contributed by atoms with Crippen LogP contribution in [0.25, 0.3) is 0 Å². The van der Waals surface area contributed by atoms with Crippen LogP contribution in [0.3, 0.4) is 0 Å². The number of carbonyl (C=O) groups is 2. The van der Waals surface area contributed by atoms with E-state index in [1.807, 2.05) is 0 Å². The second-order valence-electron chi connectivity index (χ2n) is 3.26. The van der Waals surface area contributed by atoms with Crippen molar-refractivity contribution in [1.29, 1.82) is 0 Å². The Morgan fingerprint density at radius 1 is 1.06 bits per heavy atom. The minimum absolute atomic E-state index is 0.0892. The van der Waals surface area contributed by atoms with Crippen LogP contribution in [0.2, 0.25) is 0 Å². The third kappa shape index (κ3) is 9.26. The van der Waals surface area contributed by atoms with Gasteiger partial charge in [0.1, 0.15) is 19.3 Å². The van der Waals surface area contributed by atoms with Crippen molar-refractivity contribution >= 4 is 12.3 Å². The van der Waals surface area contributed by atoms with Gasteiger partial charge in [-0.3, -0.25) is 0 Å². The van der Waals surface area contributed by atoms with Gasteiger partial charge in [0, 0.05) is 6.42 Å². The molecule has 102 valence electrons. The molecule has 0 amide bonds. The van der Waals surface area contributed by atoms with E-state index in [2.05, 4.69) is 22.6 Å². The van der Waals surface area contributed by atoms with Crippen molar-refractivity contribution in [2.75, 3.05) is 19.8 Å². The molecule has 0 saturated carbocycles. The Hall–Kier alpha value is -1.98. The number of carbonyl (C=O) groups excluding carboxylic acids is 2. The Balaban J connectivity index is 3.60. The van der Waals surface area contributed by atoms with Gasteiger partial charge in [0.15, 0.2) is 0 Å². The minimum Gasteiger partial charge on any atom is -0.434 e. The molecule has 6 nitrogen and oxygen atoms in total. The standard InChI is InChI=1S/C12H18O6/c1-4-7-15-11(13)17-9-6-10(3)18-12(14)16-8-5-2/h4-5,10H,1-2,6-9H2,3H3. The van der Waals surface area contributed by atoms with Crippen LogP contribution in [0, 0.1) is 0 Å². The SMILES string of the molecule is C=CCOC(=O)OCCC(C)OC(=O)OCC=C. The van der Waals surface area contributed by atoms with Crippen molar-refractivity contribution in [1.82, 2.24) is 0 Å². The highest BCUT2D eigenvalue weighted by atomic mass is 16.7. The zero-order chi connectivity index (χ0) is 13.8. The summed E-state index contributed by atoms with van der Waals surface area (Å²) in [7, 11) is 0. The molecule has 0 spiro atoms. The zero-order valence-corrected chi connectivity index (χ0v) is 10.4. The molecule has 0 aromatic heterocycles. The van der Waals surface area contributed by atoms with E-state index in [1.165, 1.54) is 12.2 Å². The molecule has 1 unspecified atom stereocenters. The molecule has 0 N–H and O–H groups in total. The molecule has 0 aromatic rings. The number of hydrogen-bond donors (Lipinski definition) is 0. The van der Waals surface area contributed by atoms with Gasteiger partial charge >= 0.3 is 12.3 Å². The summed E-state index contributed by atoms with van der Waals surface area (Å²) in [5.74, 6) is 0. The summed E-state index contributed by atoms with van der Waals surface area (Å²) in [6.07, 6.45) is 1.24. The lowest BCUT2D eigenvalue weighted by Gasteiger charge is -2.12. The van der Waals surface area contributed by atoms with Gasteiger partial charge in [-0.25, -0.2) is 9.59 Å². The maximum absolute atomic E-state index is 11.0. The second-order valence-corrected chi connectivity index (χ2v) is 3.26. The summed E-state index contributed by atoms with van der Waals surface area (Å²) < 4.78 is 18.8. The van der Waals surface area contributed by atoms with Gasteiger partial charge in [-0.2, -0.15) is 0 Å². The van der Waals surface area contributed by atoms with Crippen LogP contribution >= 0.6 is 0 Å². The molecule has 0 aliphatic heterocycles. The van der Waals surface area contributed by atoms with Crippen LogP contribution in [0.1, 0.15) is 13.3 Å². The first-order valence-electron chi connectivity index (χ1n) is 5.45. The predicted molar refractivity (Wildman–Crippen MR) is 64.2 cm³/mol. The Morgan fingerprint density at radius 3 is 2.17 bits per heavy atom. The van der Waals surface area contributed by atoms with Crippen LogP contribution in [-0.4, -0.2) is 38.2 Å². The minimum atomic E-state index is -0.781. The molecule has 0 aliphatic rings. The van der Waals surface area contributed by atoms with Crippen molar-refractivity contribution in [3.8, 4) is 0 Å². The monoisotopic (exact) mass is 258 g/mol. The van der Waals surface area contributed by atoms with E-state index in [9.17, 15) is 9.59 Å². The first-order chi connectivity index (χ1) is 8.60. The molecular weight excluding hydrogens is 240 g/mol. The summed E-state index contributed by atoms with van der Waals surface area (Å²) in [6.45, 7) is 8.72. The van der Waals surface area contributed by atoms with Gasteiger partial charge in [-0.05, 0) is 6.92 Å². The summed E-state index contributed by atoms with van der Waals surface area (Å²) in [5, 5.41) is 0. The third-order valence-electron chi connectivity index (χ3n) is 1.68. The van der Waals surface area contributed by atoms with Crippen LogP contribution in [0.5, 0.6) is 0 Å². The average molecular weight is 258 g/mol. The van der Waals surface area contributed by atoms with Crippen LogP contribution in [-0.2, 0) is 18.9 Å². The zero-order valence-electron chi connectivity index (χ0n) is 10.4. The van der Waals surface area contributed by atoms with E-state index in [-0.39, 0.29) is 19.8 Å². The molecule has 0 radical (unpaired) electrons. The molecule has 18 heavy (non-hydrogen) atoms. The van der Waals surface area contributed by atoms with Crippen molar-refractivity contribution in [2.45, 2.75) is 19.4 Å². The average Bonchev–Trinajstić information content (AvgIpc) is 2.33. The predicted octanol–water partition coefficient (Wildman–Crippen LogP) is 2.44. The lowest BCUT2D eigenvalue weighted by atomic mass is 10.3. The third-order valence-corrected chi connectivity index (χ3v) is 1.68. The molecule has 0 rings (SSSR count). The van der Waals surface area contributed by atoms with Crippen molar-refractivity contribution in [3.05, 3.63) is 25.3 Å². The second kappa shape index (κ2) is 10.2. The van der Waals surface area contributed by atoms with E-state index in [4.69, 9.17) is 9.47 Å². The summed E-state index contributed by atoms with van der Waals surface area (Å²) in [5.41, 5.74) is 0. The molecular formula is C12H18O6. The van der Waals surface area contributed by atoms with E-state index < -0.39 is 18.4 Å². The molecule has 0 aliphatic carbocycles. The topological polar surface area (TPSA) is 71.1 Å². The van der Waals surface area contributed by atoms with E-state index in [0.717, 1.165) is 0 Å². The van der Waals surface area contributed by atoms with Gasteiger partial charge in [0.2, 0.25) is 0 Å². The fraction of sp³-hybridized carbons (Fsp3) is 0.500. The first-order valence-corrected chi connectivity index (χ1v) is 5.45. The Kier molecular flexibility index (Phi) is 9.07. The molecule has 1 atom stereocenters. The first kappa shape index (κ1) is 16.0. The normalized spacial score (nSPS) is 10.9. The number of rotatable bonds is 8. The number of hydrogen-bond acceptors (Lipinski definition) is 6. The van der Waals surface area contributed by atoms with Crippen LogP contribution in [0.4, 0.5) is 9.59 Å². The summed E-state index contributed by atoms with van der Waals surface area (Å²) >= 11 is 0. The van der Waals surface area contributed by atoms with E-state index >= 15 is 0 Å². The maximum atomic E-state index is 11.0. The molecule has 0 aromatic carbocycles. The summed E-state index contributed by atoms with van der Waals surface area (Å²) in [4.78, 5) is 21.9. The highest BCUT2D eigenvalue weighted by Gasteiger charge is 2.11. The lowest BCUT2D eigenvalue weighted by Crippen LogP contribution is -2.19. The number of ether oxygens (including phenoxy) is 4. The smallest absolute Gasteiger partial charge is 0.434 e. The van der Waals surface area contributed by atoms with Crippen molar-refractivity contribution < 1.29 is 28.5 Å². The lowest BCUT2D eigenvalue weighted by molar-refractivity contribution is 0.0185. The summed E-state index contributed by atoms with van der Waals surface area (Å²) in [6, 6.07) is 0. The van der Waals surface area contributed by atoms with Gasteiger partial charge < -0.3 is 18.9 Å². The van der Waals surface area contributed by atoms with Crippen LogP contribution in [0.15, 0.2) is 25.3 Å². The molecule has 0 heterocycles. The largest absolute Gasteiger partial charge is 0.508 e. The van der Waals surface area contributed by atoms with Gasteiger partial charge in [-0.1, -0.05) is 25.3 Å². The van der Waals surface area contributed by atoms with Crippen molar-refractivity contribution in [2.24, 2.45) is 0 Å². The Labute approximate surface area is 106 Å². The molecule has 0 bridgehead atoms. The van der Waals surface area contributed by atoms with E-state index in [0.29, 0.717) is 6.42 Å². The van der Waals surface area contributed by atoms with Gasteiger partial charge in [-0.15, -0.1) is 0 Å². The van der Waals surface area contributed by atoms with Gasteiger partial charge in [0.05, 0.1) is 6.61 Å². The molecule has 0 fully saturated rings.